The minimum atomic E-state index is -0.192. The standard InChI is InChI=1S/C13H19NO/c1-10(15)2-3-11-4-5-13-9-14-7-6-12(13)8-11/h4-5,8,10,14-15H,2-3,6-7,9H2,1H3. The fourth-order valence-corrected chi connectivity index (χ4v) is 2.06. The van der Waals surface area contributed by atoms with E-state index in [1.165, 1.54) is 16.7 Å². The molecule has 0 saturated carbocycles. The third kappa shape index (κ3) is 2.80. The molecule has 1 aromatic carbocycles. The van der Waals surface area contributed by atoms with Gasteiger partial charge < -0.3 is 10.4 Å². The fraction of sp³-hybridized carbons (Fsp3) is 0.538. The molecule has 2 rings (SSSR count). The Bertz CT molecular complexity index is 333. The summed E-state index contributed by atoms with van der Waals surface area (Å²) in [4.78, 5) is 0. The van der Waals surface area contributed by atoms with E-state index < -0.39 is 0 Å². The zero-order valence-electron chi connectivity index (χ0n) is 9.29. The number of fused-ring (bicyclic) bond motifs is 1. The molecule has 1 atom stereocenters. The van der Waals surface area contributed by atoms with Gasteiger partial charge in [-0.1, -0.05) is 18.2 Å². The van der Waals surface area contributed by atoms with E-state index in [0.717, 1.165) is 32.4 Å². The van der Waals surface area contributed by atoms with Gasteiger partial charge in [0.1, 0.15) is 0 Å². The van der Waals surface area contributed by atoms with Gasteiger partial charge in [-0.15, -0.1) is 0 Å². The lowest BCUT2D eigenvalue weighted by Crippen LogP contribution is -2.23. The van der Waals surface area contributed by atoms with Gasteiger partial charge in [0, 0.05) is 6.54 Å². The van der Waals surface area contributed by atoms with Crippen LogP contribution in [0.4, 0.5) is 0 Å². The van der Waals surface area contributed by atoms with Crippen LogP contribution in [0.15, 0.2) is 18.2 Å². The van der Waals surface area contributed by atoms with E-state index in [0.29, 0.717) is 0 Å². The molecule has 1 aliphatic rings. The molecular weight excluding hydrogens is 186 g/mol. The normalized spacial score (nSPS) is 17.2. The van der Waals surface area contributed by atoms with Crippen molar-refractivity contribution in [3.8, 4) is 0 Å². The van der Waals surface area contributed by atoms with Crippen LogP contribution in [-0.4, -0.2) is 17.8 Å². The van der Waals surface area contributed by atoms with E-state index in [-0.39, 0.29) is 6.10 Å². The number of hydrogen-bond acceptors (Lipinski definition) is 2. The average Bonchev–Trinajstić information content (AvgIpc) is 2.26. The number of aliphatic hydroxyl groups excluding tert-OH is 1. The van der Waals surface area contributed by atoms with Crippen molar-refractivity contribution >= 4 is 0 Å². The van der Waals surface area contributed by atoms with Crippen LogP contribution in [0.3, 0.4) is 0 Å². The lowest BCUT2D eigenvalue weighted by atomic mass is 9.96. The Morgan fingerprint density at radius 3 is 3.07 bits per heavy atom. The van der Waals surface area contributed by atoms with Gasteiger partial charge in [0.15, 0.2) is 0 Å². The number of benzene rings is 1. The number of nitrogens with one attached hydrogen (secondary N) is 1. The van der Waals surface area contributed by atoms with Crippen LogP contribution in [0, 0.1) is 0 Å². The van der Waals surface area contributed by atoms with Crippen LogP contribution >= 0.6 is 0 Å². The van der Waals surface area contributed by atoms with Gasteiger partial charge in [0.2, 0.25) is 0 Å². The molecule has 1 unspecified atom stereocenters. The van der Waals surface area contributed by atoms with Gasteiger partial charge in [-0.2, -0.15) is 0 Å². The molecule has 0 fully saturated rings. The van der Waals surface area contributed by atoms with Gasteiger partial charge in [-0.25, -0.2) is 0 Å². The van der Waals surface area contributed by atoms with E-state index in [9.17, 15) is 5.11 Å². The van der Waals surface area contributed by atoms with E-state index in [1.807, 2.05) is 6.92 Å². The van der Waals surface area contributed by atoms with Crippen LogP contribution in [-0.2, 0) is 19.4 Å². The minimum Gasteiger partial charge on any atom is -0.393 e. The Labute approximate surface area is 91.3 Å². The van der Waals surface area contributed by atoms with E-state index >= 15 is 0 Å². The average molecular weight is 205 g/mol. The number of rotatable bonds is 3. The van der Waals surface area contributed by atoms with E-state index in [4.69, 9.17) is 0 Å². The van der Waals surface area contributed by atoms with Gasteiger partial charge in [0.25, 0.3) is 0 Å². The third-order valence-electron chi connectivity index (χ3n) is 3.01. The van der Waals surface area contributed by atoms with Crippen molar-refractivity contribution in [3.05, 3.63) is 34.9 Å². The first-order valence-corrected chi connectivity index (χ1v) is 5.75. The highest BCUT2D eigenvalue weighted by Gasteiger charge is 2.08. The molecule has 0 amide bonds. The van der Waals surface area contributed by atoms with Crippen molar-refractivity contribution in [1.82, 2.24) is 5.32 Å². The van der Waals surface area contributed by atoms with Crippen molar-refractivity contribution in [2.24, 2.45) is 0 Å². The zero-order valence-corrected chi connectivity index (χ0v) is 9.29. The highest BCUT2D eigenvalue weighted by Crippen LogP contribution is 2.17. The van der Waals surface area contributed by atoms with E-state index in [2.05, 4.69) is 23.5 Å². The first-order chi connectivity index (χ1) is 7.25. The Morgan fingerprint density at radius 1 is 1.40 bits per heavy atom. The van der Waals surface area contributed by atoms with Crippen molar-refractivity contribution in [1.29, 1.82) is 0 Å². The number of aliphatic hydroxyl groups is 1. The summed E-state index contributed by atoms with van der Waals surface area (Å²) < 4.78 is 0. The molecule has 2 heteroatoms. The second-order valence-corrected chi connectivity index (χ2v) is 4.42. The third-order valence-corrected chi connectivity index (χ3v) is 3.01. The highest BCUT2D eigenvalue weighted by atomic mass is 16.3. The Hall–Kier alpha value is -0.860. The SMILES string of the molecule is CC(O)CCc1ccc2c(c1)CCNC2. The summed E-state index contributed by atoms with van der Waals surface area (Å²) >= 11 is 0. The molecule has 2 N–H and O–H groups in total. The summed E-state index contributed by atoms with van der Waals surface area (Å²) in [7, 11) is 0. The van der Waals surface area contributed by atoms with Gasteiger partial charge in [0.05, 0.1) is 6.10 Å². The Morgan fingerprint density at radius 2 is 2.27 bits per heavy atom. The minimum absolute atomic E-state index is 0.192. The highest BCUT2D eigenvalue weighted by molar-refractivity contribution is 5.33. The van der Waals surface area contributed by atoms with Crippen LogP contribution < -0.4 is 5.32 Å². The molecule has 0 aromatic heterocycles. The monoisotopic (exact) mass is 205 g/mol. The van der Waals surface area contributed by atoms with Crippen molar-refractivity contribution < 1.29 is 5.11 Å². The predicted octanol–water partition coefficient (Wildman–Crippen LogP) is 1.65. The van der Waals surface area contributed by atoms with Crippen molar-refractivity contribution in [2.75, 3.05) is 6.54 Å². The Balaban J connectivity index is 2.07. The molecule has 15 heavy (non-hydrogen) atoms. The second kappa shape index (κ2) is 4.77. The van der Waals surface area contributed by atoms with Crippen LogP contribution in [0.1, 0.15) is 30.0 Å². The Kier molecular flexibility index (Phi) is 3.39. The van der Waals surface area contributed by atoms with E-state index in [1.54, 1.807) is 0 Å². The lowest BCUT2D eigenvalue weighted by molar-refractivity contribution is 0.185. The zero-order chi connectivity index (χ0) is 10.7. The number of aryl methyl sites for hydroxylation is 1. The maximum Gasteiger partial charge on any atom is 0.0515 e. The molecule has 0 saturated heterocycles. The predicted molar refractivity (Wildman–Crippen MR) is 61.9 cm³/mol. The van der Waals surface area contributed by atoms with Crippen molar-refractivity contribution in [2.45, 2.75) is 38.8 Å². The molecule has 0 aliphatic carbocycles. The summed E-state index contributed by atoms with van der Waals surface area (Å²) in [5, 5.41) is 12.6. The molecule has 82 valence electrons. The second-order valence-electron chi connectivity index (χ2n) is 4.42. The number of hydrogen-bond donors (Lipinski definition) is 2. The maximum atomic E-state index is 9.24. The summed E-state index contributed by atoms with van der Waals surface area (Å²) in [6.07, 6.45) is 2.79. The van der Waals surface area contributed by atoms with Gasteiger partial charge in [-0.05, 0) is 49.4 Å². The quantitative estimate of drug-likeness (QED) is 0.786. The molecular formula is C13H19NO. The van der Waals surface area contributed by atoms with Crippen LogP contribution in [0.2, 0.25) is 0 Å². The molecule has 1 aromatic rings. The molecule has 0 radical (unpaired) electrons. The summed E-state index contributed by atoms with van der Waals surface area (Å²) in [5.74, 6) is 0. The van der Waals surface area contributed by atoms with Crippen LogP contribution in [0.25, 0.3) is 0 Å². The van der Waals surface area contributed by atoms with Crippen LogP contribution in [0.5, 0.6) is 0 Å². The summed E-state index contributed by atoms with van der Waals surface area (Å²) in [6.45, 7) is 3.95. The summed E-state index contributed by atoms with van der Waals surface area (Å²) in [6, 6.07) is 6.71. The molecule has 2 nitrogen and oxygen atoms in total. The first kappa shape index (κ1) is 10.7. The largest absolute Gasteiger partial charge is 0.393 e. The molecule has 0 spiro atoms. The molecule has 0 bridgehead atoms. The smallest absolute Gasteiger partial charge is 0.0515 e. The molecule has 1 heterocycles. The topological polar surface area (TPSA) is 32.3 Å². The first-order valence-electron chi connectivity index (χ1n) is 5.75. The van der Waals surface area contributed by atoms with Gasteiger partial charge >= 0.3 is 0 Å². The maximum absolute atomic E-state index is 9.24. The summed E-state index contributed by atoms with van der Waals surface area (Å²) in [5.41, 5.74) is 4.27. The lowest BCUT2D eigenvalue weighted by Gasteiger charge is -2.18. The molecule has 1 aliphatic heterocycles. The fourth-order valence-electron chi connectivity index (χ4n) is 2.06. The van der Waals surface area contributed by atoms with Gasteiger partial charge in [-0.3, -0.25) is 0 Å². The van der Waals surface area contributed by atoms with Crippen molar-refractivity contribution in [3.63, 3.8) is 0 Å².